The molecule has 1 aliphatic heterocycles. The van der Waals surface area contributed by atoms with Crippen LogP contribution in [0.1, 0.15) is 32.9 Å². The first-order valence-corrected chi connectivity index (χ1v) is 10.8. The van der Waals surface area contributed by atoms with Crippen molar-refractivity contribution in [1.82, 2.24) is 20.1 Å². The van der Waals surface area contributed by atoms with Crippen molar-refractivity contribution in [2.75, 3.05) is 29.6 Å². The van der Waals surface area contributed by atoms with Crippen LogP contribution in [-0.4, -0.2) is 40.6 Å². The molecule has 1 saturated carbocycles. The fourth-order valence-electron chi connectivity index (χ4n) is 4.17. The summed E-state index contributed by atoms with van der Waals surface area (Å²) < 4.78 is 23.5. The van der Waals surface area contributed by atoms with Gasteiger partial charge in [0.1, 0.15) is 5.82 Å². The Morgan fingerprint density at radius 2 is 2.00 bits per heavy atom. The highest BCUT2D eigenvalue weighted by atomic mass is 16.2. The van der Waals surface area contributed by atoms with Crippen molar-refractivity contribution >= 4 is 34.7 Å². The average Bonchev–Trinajstić information content (AvgIpc) is 3.66. The van der Waals surface area contributed by atoms with E-state index < -0.39 is 12.9 Å². The molecular formula is C24H25N7O3. The topological polar surface area (TPSA) is 121 Å². The molecule has 3 N–H and O–H groups in total. The van der Waals surface area contributed by atoms with Gasteiger partial charge in [0.05, 0.1) is 34.4 Å². The Hall–Kier alpha value is -4.21. The van der Waals surface area contributed by atoms with Crippen LogP contribution in [-0.2, 0) is 18.4 Å². The Labute approximate surface area is 200 Å². The number of aryl methyl sites for hydroxylation is 1. The highest BCUT2D eigenvalue weighted by Crippen LogP contribution is 2.42. The Morgan fingerprint density at radius 1 is 1.18 bits per heavy atom. The zero-order chi connectivity index (χ0) is 26.5. The van der Waals surface area contributed by atoms with Gasteiger partial charge in [0.15, 0.2) is 0 Å². The van der Waals surface area contributed by atoms with Crippen LogP contribution in [0.3, 0.4) is 0 Å². The highest BCUT2D eigenvalue weighted by Gasteiger charge is 2.30. The maximum atomic E-state index is 12.9. The minimum absolute atomic E-state index is 0.0166. The highest BCUT2D eigenvalue weighted by molar-refractivity contribution is 6.02. The number of para-hydroxylation sites is 1. The molecule has 3 aromatic rings. The van der Waals surface area contributed by atoms with Gasteiger partial charge in [-0.15, -0.1) is 0 Å². The normalized spacial score (nSPS) is 15.8. The number of aromatic nitrogens is 3. The van der Waals surface area contributed by atoms with Crippen LogP contribution in [0.25, 0.3) is 11.1 Å². The molecule has 2 aliphatic rings. The summed E-state index contributed by atoms with van der Waals surface area (Å²) >= 11 is 0. The summed E-state index contributed by atoms with van der Waals surface area (Å²) in [4.78, 5) is 44.2. The van der Waals surface area contributed by atoms with Crippen molar-refractivity contribution in [1.29, 1.82) is 0 Å². The molecule has 0 radical (unpaired) electrons. The van der Waals surface area contributed by atoms with Gasteiger partial charge in [-0.2, -0.15) is 5.10 Å². The third-order valence-corrected chi connectivity index (χ3v) is 6.04. The molecule has 5 rings (SSSR count). The van der Waals surface area contributed by atoms with Crippen LogP contribution >= 0.6 is 0 Å². The van der Waals surface area contributed by atoms with Gasteiger partial charge in [-0.25, -0.2) is 9.67 Å². The molecule has 10 nitrogen and oxygen atoms in total. The van der Waals surface area contributed by atoms with Gasteiger partial charge in [-0.1, -0.05) is 12.1 Å². The van der Waals surface area contributed by atoms with Gasteiger partial charge >= 0.3 is 0 Å². The number of hydrogen-bond acceptors (Lipinski definition) is 7. The molecule has 0 bridgehead atoms. The summed E-state index contributed by atoms with van der Waals surface area (Å²) in [5.74, 6) is -0.827. The van der Waals surface area contributed by atoms with Gasteiger partial charge in [0.25, 0.3) is 11.5 Å². The second-order valence-electron chi connectivity index (χ2n) is 8.49. The zero-order valence-electron chi connectivity index (χ0n) is 21.7. The van der Waals surface area contributed by atoms with Crippen LogP contribution in [0.5, 0.6) is 0 Å². The maximum absolute atomic E-state index is 12.9. The Balaban J connectivity index is 1.58. The van der Waals surface area contributed by atoms with Crippen molar-refractivity contribution in [2.24, 2.45) is 13.0 Å². The molecule has 1 aliphatic carbocycles. The van der Waals surface area contributed by atoms with Crippen LogP contribution in [0.15, 0.2) is 41.5 Å². The fourth-order valence-corrected chi connectivity index (χ4v) is 4.17. The Bertz CT molecular complexity index is 1480. The molecule has 34 heavy (non-hydrogen) atoms. The Morgan fingerprint density at radius 3 is 2.76 bits per heavy atom. The molecule has 3 heterocycles. The molecule has 0 saturated heterocycles. The number of anilines is 4. The second kappa shape index (κ2) is 8.29. The largest absolute Gasteiger partial charge is 0.368 e. The van der Waals surface area contributed by atoms with E-state index >= 15 is 0 Å². The number of nitrogens with one attached hydrogen (secondary N) is 3. The van der Waals surface area contributed by atoms with Crippen molar-refractivity contribution in [3.05, 3.63) is 58.1 Å². The number of benzene rings is 1. The number of rotatable bonds is 5. The van der Waals surface area contributed by atoms with Crippen LogP contribution in [0.2, 0.25) is 0 Å². The number of fused-ring (bicyclic) bond motifs is 3. The number of carbonyl (C=O) groups is 2. The summed E-state index contributed by atoms with van der Waals surface area (Å²) in [7, 11) is 3.47. The van der Waals surface area contributed by atoms with E-state index in [4.69, 9.17) is 4.11 Å². The summed E-state index contributed by atoms with van der Waals surface area (Å²) in [6.07, 6.45) is 4.52. The quantitative estimate of drug-likeness (QED) is 0.532. The van der Waals surface area contributed by atoms with E-state index in [-0.39, 0.29) is 34.5 Å². The van der Waals surface area contributed by atoms with E-state index in [0.717, 1.165) is 24.1 Å². The van der Waals surface area contributed by atoms with E-state index in [1.54, 1.807) is 25.4 Å². The summed E-state index contributed by atoms with van der Waals surface area (Å²) in [5, 5.41) is 12.1. The number of pyridine rings is 1. The van der Waals surface area contributed by atoms with Gasteiger partial charge < -0.3 is 20.9 Å². The molecule has 1 aromatic carbocycles. The van der Waals surface area contributed by atoms with E-state index in [1.807, 2.05) is 23.3 Å². The minimum atomic E-state index is -2.70. The van der Waals surface area contributed by atoms with Gasteiger partial charge in [0.2, 0.25) is 5.91 Å². The lowest BCUT2D eigenvalue weighted by molar-refractivity contribution is -0.117. The molecule has 0 unspecified atom stereocenters. The lowest BCUT2D eigenvalue weighted by Crippen LogP contribution is -2.30. The number of amides is 2. The Kier molecular flexibility index (Phi) is 4.45. The smallest absolute Gasteiger partial charge is 0.274 e. The van der Waals surface area contributed by atoms with Crippen LogP contribution < -0.4 is 26.4 Å². The zero-order valence-corrected chi connectivity index (χ0v) is 18.7. The molecule has 10 heteroatoms. The van der Waals surface area contributed by atoms with Crippen LogP contribution in [0, 0.1) is 5.92 Å². The minimum Gasteiger partial charge on any atom is -0.368 e. The predicted octanol–water partition coefficient (Wildman–Crippen LogP) is 2.24. The summed E-state index contributed by atoms with van der Waals surface area (Å²) in [6.45, 7) is -2.26. The predicted molar refractivity (Wildman–Crippen MR) is 129 cm³/mol. The standard InChI is InChI=1S/C24H25N7O3/c1-25-23(33)16-11-26-19(29-22(32)13-7-8-13)9-18(16)28-17-6-4-5-15-20-14(12-30(2)21(15)17)10-27-31(3)24(20)34/h4-6,9-11,13H,7-8,12H2,1-3H3,(H,25,33)(H2,26,28,29,32)/i1D3. The first kappa shape index (κ1) is 18.2. The number of nitrogens with zero attached hydrogens (tertiary/aromatic N) is 4. The van der Waals surface area contributed by atoms with Crippen molar-refractivity contribution < 1.29 is 13.7 Å². The van der Waals surface area contributed by atoms with Crippen molar-refractivity contribution in [3.8, 4) is 11.1 Å². The van der Waals surface area contributed by atoms with Crippen molar-refractivity contribution in [2.45, 2.75) is 19.4 Å². The van der Waals surface area contributed by atoms with E-state index in [1.165, 1.54) is 16.9 Å². The summed E-state index contributed by atoms with van der Waals surface area (Å²) in [5.41, 5.74) is 3.34. The third-order valence-electron chi connectivity index (χ3n) is 6.04. The average molecular weight is 463 g/mol. The molecular weight excluding hydrogens is 434 g/mol. The number of carbonyl (C=O) groups excluding carboxylic acids is 2. The first-order valence-electron chi connectivity index (χ1n) is 12.3. The van der Waals surface area contributed by atoms with E-state index in [2.05, 4.69) is 20.7 Å². The van der Waals surface area contributed by atoms with E-state index in [9.17, 15) is 14.4 Å². The molecule has 2 amide bonds. The lowest BCUT2D eigenvalue weighted by atomic mass is 9.95. The fraction of sp³-hybridized carbons (Fsp3) is 0.292. The molecule has 0 spiro atoms. The maximum Gasteiger partial charge on any atom is 0.274 e. The SMILES string of the molecule is [2H]C([2H])([2H])NC(=O)c1cnc(NC(=O)C2CC2)cc1Nc1cccc2c1N(C)Cc1cnn(C)c(=O)c1-2. The van der Waals surface area contributed by atoms with Gasteiger partial charge in [-0.05, 0) is 18.9 Å². The lowest BCUT2D eigenvalue weighted by Gasteiger charge is -2.31. The number of hydrogen-bond donors (Lipinski definition) is 3. The second-order valence-corrected chi connectivity index (χ2v) is 8.49. The monoisotopic (exact) mass is 462 g/mol. The third kappa shape index (κ3) is 3.76. The molecule has 174 valence electrons. The summed E-state index contributed by atoms with van der Waals surface area (Å²) in [6, 6.07) is 6.91. The van der Waals surface area contributed by atoms with Crippen LogP contribution in [0.4, 0.5) is 22.9 Å². The van der Waals surface area contributed by atoms with E-state index in [0.29, 0.717) is 23.4 Å². The van der Waals surface area contributed by atoms with Crippen molar-refractivity contribution in [3.63, 3.8) is 0 Å². The first-order chi connectivity index (χ1) is 17.5. The molecule has 0 atom stereocenters. The van der Waals surface area contributed by atoms with Gasteiger partial charge in [-0.3, -0.25) is 14.4 Å². The molecule has 1 fully saturated rings. The molecule has 2 aromatic heterocycles. The van der Waals surface area contributed by atoms with Gasteiger partial charge in [0, 0.05) is 61.0 Å².